The van der Waals surface area contributed by atoms with Crippen LogP contribution in [0.3, 0.4) is 0 Å². The number of esters is 1. The lowest BCUT2D eigenvalue weighted by Gasteiger charge is -2.09. The molecule has 0 saturated heterocycles. The molecular formula is C14H11N3O3S. The molecule has 21 heavy (non-hydrogen) atoms. The van der Waals surface area contributed by atoms with E-state index in [4.69, 9.17) is 4.74 Å². The number of hydrogen-bond acceptors (Lipinski definition) is 5. The molecule has 2 aromatic heterocycles. The van der Waals surface area contributed by atoms with E-state index in [1.54, 1.807) is 46.4 Å². The van der Waals surface area contributed by atoms with Crippen molar-refractivity contribution in [3.05, 3.63) is 53.3 Å². The van der Waals surface area contributed by atoms with Crippen molar-refractivity contribution < 1.29 is 14.3 Å². The zero-order chi connectivity index (χ0) is 14.8. The Morgan fingerprint density at radius 2 is 2.14 bits per heavy atom. The van der Waals surface area contributed by atoms with Crippen LogP contribution in [0, 0.1) is 0 Å². The van der Waals surface area contributed by atoms with E-state index < -0.39 is 5.97 Å². The monoisotopic (exact) mass is 301 g/mol. The van der Waals surface area contributed by atoms with Gasteiger partial charge in [0.1, 0.15) is 5.69 Å². The number of benzene rings is 1. The lowest BCUT2D eigenvalue weighted by molar-refractivity contribution is 0.0602. The molecule has 0 aliphatic rings. The number of rotatable bonds is 3. The van der Waals surface area contributed by atoms with Crippen molar-refractivity contribution >= 4 is 33.9 Å². The summed E-state index contributed by atoms with van der Waals surface area (Å²) in [5.41, 5.74) is 1.19. The van der Waals surface area contributed by atoms with Gasteiger partial charge in [0.2, 0.25) is 0 Å². The van der Waals surface area contributed by atoms with Crippen molar-refractivity contribution in [1.29, 1.82) is 0 Å². The fourth-order valence-corrected chi connectivity index (χ4v) is 2.79. The zero-order valence-corrected chi connectivity index (χ0v) is 11.9. The molecule has 0 aliphatic heterocycles. The zero-order valence-electron chi connectivity index (χ0n) is 11.1. The number of carbonyl (C=O) groups excluding carboxylic acids is 2. The molecule has 7 heteroatoms. The molecule has 0 bridgehead atoms. The summed E-state index contributed by atoms with van der Waals surface area (Å²) in [7, 11) is 1.30. The minimum absolute atomic E-state index is 0.310. The predicted molar refractivity (Wildman–Crippen MR) is 78.8 cm³/mol. The Hall–Kier alpha value is -2.67. The quantitative estimate of drug-likeness (QED) is 0.754. The van der Waals surface area contributed by atoms with Crippen LogP contribution in [0.25, 0.3) is 4.96 Å². The van der Waals surface area contributed by atoms with E-state index in [1.807, 2.05) is 0 Å². The first-order valence-electron chi connectivity index (χ1n) is 6.10. The normalized spacial score (nSPS) is 10.5. The summed E-state index contributed by atoms with van der Waals surface area (Å²) in [6.07, 6.45) is 3.35. The van der Waals surface area contributed by atoms with Gasteiger partial charge in [-0.2, -0.15) is 0 Å². The van der Waals surface area contributed by atoms with Gasteiger partial charge in [-0.05, 0) is 12.1 Å². The highest BCUT2D eigenvalue weighted by Gasteiger charge is 2.16. The van der Waals surface area contributed by atoms with Crippen molar-refractivity contribution in [1.82, 2.24) is 9.38 Å². The molecule has 0 saturated carbocycles. The molecule has 3 rings (SSSR count). The number of thiazole rings is 1. The Bertz CT molecular complexity index is 822. The molecule has 106 valence electrons. The minimum atomic E-state index is -0.496. The molecule has 2 heterocycles. The fourth-order valence-electron chi connectivity index (χ4n) is 1.95. The van der Waals surface area contributed by atoms with Gasteiger partial charge in [0.05, 0.1) is 18.4 Å². The molecule has 1 amide bonds. The van der Waals surface area contributed by atoms with Gasteiger partial charge in [-0.15, -0.1) is 11.3 Å². The summed E-state index contributed by atoms with van der Waals surface area (Å²) in [6.45, 7) is 0. The summed E-state index contributed by atoms with van der Waals surface area (Å²) >= 11 is 1.37. The number of nitrogens with one attached hydrogen (secondary N) is 1. The van der Waals surface area contributed by atoms with Gasteiger partial charge >= 0.3 is 5.97 Å². The molecule has 0 radical (unpaired) electrons. The number of fused-ring (bicyclic) bond motifs is 1. The molecule has 0 unspecified atom stereocenters. The number of anilines is 1. The van der Waals surface area contributed by atoms with Crippen molar-refractivity contribution in [3.63, 3.8) is 0 Å². The molecule has 1 N–H and O–H groups in total. The van der Waals surface area contributed by atoms with E-state index >= 15 is 0 Å². The Labute approximate surface area is 124 Å². The lowest BCUT2D eigenvalue weighted by Crippen LogP contribution is -2.16. The first-order valence-corrected chi connectivity index (χ1v) is 6.98. The number of hydrogen-bond donors (Lipinski definition) is 1. The minimum Gasteiger partial charge on any atom is -0.465 e. The van der Waals surface area contributed by atoms with Gasteiger partial charge in [-0.3, -0.25) is 9.20 Å². The number of carbonyl (C=O) groups is 2. The van der Waals surface area contributed by atoms with E-state index in [9.17, 15) is 9.59 Å². The Balaban J connectivity index is 1.92. The second-order valence-electron chi connectivity index (χ2n) is 4.19. The van der Waals surface area contributed by atoms with Crippen molar-refractivity contribution in [2.24, 2.45) is 0 Å². The van der Waals surface area contributed by atoms with Crippen LogP contribution < -0.4 is 5.32 Å². The molecule has 0 spiro atoms. The number of nitrogens with zero attached hydrogens (tertiary/aromatic N) is 2. The summed E-state index contributed by atoms with van der Waals surface area (Å²) in [4.78, 5) is 28.9. The van der Waals surface area contributed by atoms with E-state index in [-0.39, 0.29) is 5.91 Å². The molecule has 0 aliphatic carbocycles. The summed E-state index contributed by atoms with van der Waals surface area (Å²) in [5.74, 6) is -0.806. The number of para-hydroxylation sites is 1. The third-order valence-corrected chi connectivity index (χ3v) is 3.81. The highest BCUT2D eigenvalue weighted by molar-refractivity contribution is 7.15. The molecular weight excluding hydrogens is 290 g/mol. The second-order valence-corrected chi connectivity index (χ2v) is 5.03. The SMILES string of the molecule is COC(=O)c1ccccc1NC(=O)c1csc2nccn12. The maximum atomic E-state index is 12.3. The smallest absolute Gasteiger partial charge is 0.339 e. The van der Waals surface area contributed by atoms with Gasteiger partial charge in [-0.25, -0.2) is 9.78 Å². The molecule has 1 aromatic carbocycles. The van der Waals surface area contributed by atoms with Crippen LogP contribution in [0.2, 0.25) is 0 Å². The summed E-state index contributed by atoms with van der Waals surface area (Å²) in [5, 5.41) is 4.45. The number of amides is 1. The van der Waals surface area contributed by atoms with Crippen LogP contribution in [0.1, 0.15) is 20.8 Å². The van der Waals surface area contributed by atoms with Crippen LogP contribution >= 0.6 is 11.3 Å². The van der Waals surface area contributed by atoms with Gasteiger partial charge in [0.15, 0.2) is 4.96 Å². The number of imidazole rings is 1. The van der Waals surface area contributed by atoms with Crippen LogP contribution in [0.4, 0.5) is 5.69 Å². The lowest BCUT2D eigenvalue weighted by atomic mass is 10.2. The highest BCUT2D eigenvalue weighted by atomic mass is 32.1. The molecule has 0 fully saturated rings. The Morgan fingerprint density at radius 1 is 1.33 bits per heavy atom. The van der Waals surface area contributed by atoms with Gasteiger partial charge in [-0.1, -0.05) is 12.1 Å². The fraction of sp³-hybridized carbons (Fsp3) is 0.0714. The van der Waals surface area contributed by atoms with Crippen molar-refractivity contribution in [3.8, 4) is 0 Å². The van der Waals surface area contributed by atoms with Gasteiger partial charge in [0.25, 0.3) is 5.91 Å². The number of aromatic nitrogens is 2. The first kappa shape index (κ1) is 13.3. The number of ether oxygens (including phenoxy) is 1. The van der Waals surface area contributed by atoms with Gasteiger partial charge in [0, 0.05) is 17.8 Å². The topological polar surface area (TPSA) is 72.7 Å². The maximum absolute atomic E-state index is 12.3. The maximum Gasteiger partial charge on any atom is 0.339 e. The third-order valence-electron chi connectivity index (χ3n) is 2.96. The average Bonchev–Trinajstić information content (AvgIpc) is 3.09. The van der Waals surface area contributed by atoms with Crippen LogP contribution in [-0.2, 0) is 4.74 Å². The predicted octanol–water partition coefficient (Wildman–Crippen LogP) is 2.43. The largest absolute Gasteiger partial charge is 0.465 e. The van der Waals surface area contributed by atoms with E-state index in [1.165, 1.54) is 18.4 Å². The first-order chi connectivity index (χ1) is 10.2. The van der Waals surface area contributed by atoms with Crippen LogP contribution in [0.5, 0.6) is 0 Å². The van der Waals surface area contributed by atoms with E-state index in [2.05, 4.69) is 10.3 Å². The van der Waals surface area contributed by atoms with Crippen molar-refractivity contribution in [2.45, 2.75) is 0 Å². The van der Waals surface area contributed by atoms with E-state index in [0.29, 0.717) is 16.9 Å². The molecule has 3 aromatic rings. The second kappa shape index (κ2) is 5.37. The average molecular weight is 301 g/mol. The third kappa shape index (κ3) is 2.38. The Morgan fingerprint density at radius 3 is 2.95 bits per heavy atom. The van der Waals surface area contributed by atoms with Crippen LogP contribution in [0.15, 0.2) is 42.0 Å². The molecule has 6 nitrogen and oxygen atoms in total. The number of methoxy groups -OCH3 is 1. The van der Waals surface area contributed by atoms with Crippen molar-refractivity contribution in [2.75, 3.05) is 12.4 Å². The summed E-state index contributed by atoms with van der Waals surface area (Å²) in [6, 6.07) is 6.70. The highest BCUT2D eigenvalue weighted by Crippen LogP contribution is 2.19. The Kier molecular flexibility index (Phi) is 3.41. The standard InChI is InChI=1S/C14H11N3O3S/c1-20-13(19)9-4-2-3-5-10(9)16-12(18)11-8-21-14-15-6-7-17(11)14/h2-8H,1H3,(H,16,18). The molecule has 0 atom stereocenters. The van der Waals surface area contributed by atoms with Gasteiger partial charge < -0.3 is 10.1 Å². The van der Waals surface area contributed by atoms with Crippen LogP contribution in [-0.4, -0.2) is 28.4 Å². The van der Waals surface area contributed by atoms with E-state index in [0.717, 1.165) is 4.96 Å². The summed E-state index contributed by atoms with van der Waals surface area (Å²) < 4.78 is 6.40.